The van der Waals surface area contributed by atoms with Crippen molar-refractivity contribution in [2.45, 2.75) is 219 Å². The van der Waals surface area contributed by atoms with E-state index < -0.39 is 6.10 Å². The van der Waals surface area contributed by atoms with E-state index in [4.69, 9.17) is 14.2 Å². The van der Waals surface area contributed by atoms with E-state index in [9.17, 15) is 14.4 Å². The molecule has 0 saturated carbocycles. The number of allylic oxidation sites excluding steroid dienone is 26. The molecular formula is C65H100O6. The van der Waals surface area contributed by atoms with E-state index in [-0.39, 0.29) is 37.5 Å². The van der Waals surface area contributed by atoms with Gasteiger partial charge in [0, 0.05) is 19.3 Å². The van der Waals surface area contributed by atoms with Crippen LogP contribution in [0.3, 0.4) is 0 Å². The van der Waals surface area contributed by atoms with E-state index in [0.717, 1.165) is 167 Å². The molecular weight excluding hydrogens is 877 g/mol. The van der Waals surface area contributed by atoms with Crippen molar-refractivity contribution >= 4 is 17.9 Å². The molecule has 0 aromatic heterocycles. The zero-order valence-electron chi connectivity index (χ0n) is 45.2. The van der Waals surface area contributed by atoms with Gasteiger partial charge in [-0.05, 0) is 141 Å². The predicted octanol–water partition coefficient (Wildman–Crippen LogP) is 19.0. The topological polar surface area (TPSA) is 78.9 Å². The molecule has 0 aliphatic carbocycles. The molecule has 0 rings (SSSR count). The molecule has 0 radical (unpaired) electrons. The molecule has 71 heavy (non-hydrogen) atoms. The Balaban J connectivity index is 4.58. The largest absolute Gasteiger partial charge is 0.462 e. The van der Waals surface area contributed by atoms with Crippen LogP contribution >= 0.6 is 0 Å². The van der Waals surface area contributed by atoms with Crippen LogP contribution in [-0.2, 0) is 28.6 Å². The van der Waals surface area contributed by atoms with Crippen LogP contribution < -0.4 is 0 Å². The van der Waals surface area contributed by atoms with Crippen molar-refractivity contribution < 1.29 is 28.6 Å². The SMILES string of the molecule is CC/C=C\C/C=C\C/C=C\C/C=C\C/C=C\CCCCCC(=O)OC(COC(=O)CCCCCC/C=C\C/C=C\C/C=C\C/C=C\CC)COC(=O)CCCCCC/C=C\C/C=C\C/C=C\C/C=C\CC. The summed E-state index contributed by atoms with van der Waals surface area (Å²) in [5, 5.41) is 0. The molecule has 0 fully saturated rings. The Kier molecular flexibility index (Phi) is 53.6. The minimum atomic E-state index is -0.825. The van der Waals surface area contributed by atoms with Crippen molar-refractivity contribution in [1.29, 1.82) is 0 Å². The summed E-state index contributed by atoms with van der Waals surface area (Å²) < 4.78 is 16.8. The lowest BCUT2D eigenvalue weighted by atomic mass is 10.1. The first-order chi connectivity index (χ1) is 35.0. The number of rotatable bonds is 48. The van der Waals surface area contributed by atoms with Gasteiger partial charge >= 0.3 is 17.9 Å². The maximum Gasteiger partial charge on any atom is 0.306 e. The highest BCUT2D eigenvalue weighted by atomic mass is 16.6. The molecule has 0 heterocycles. The normalized spacial score (nSPS) is 13.0. The molecule has 0 saturated heterocycles. The van der Waals surface area contributed by atoms with E-state index in [1.54, 1.807) is 0 Å². The smallest absolute Gasteiger partial charge is 0.306 e. The van der Waals surface area contributed by atoms with E-state index >= 15 is 0 Å². The van der Waals surface area contributed by atoms with Crippen LogP contribution in [0, 0.1) is 0 Å². The fraction of sp³-hybridized carbons (Fsp3) is 0.554. The van der Waals surface area contributed by atoms with Gasteiger partial charge in [0.05, 0.1) is 0 Å². The summed E-state index contributed by atoms with van der Waals surface area (Å²) in [6.07, 6.45) is 83.7. The number of hydrogen-bond donors (Lipinski definition) is 0. The van der Waals surface area contributed by atoms with Crippen LogP contribution in [0.1, 0.15) is 213 Å². The molecule has 0 aromatic carbocycles. The van der Waals surface area contributed by atoms with Crippen LogP contribution in [0.15, 0.2) is 158 Å². The molecule has 0 N–H and O–H groups in total. The minimum absolute atomic E-state index is 0.120. The highest BCUT2D eigenvalue weighted by molar-refractivity contribution is 5.71. The summed E-state index contributed by atoms with van der Waals surface area (Å²) in [7, 11) is 0. The van der Waals surface area contributed by atoms with Crippen LogP contribution in [0.5, 0.6) is 0 Å². The van der Waals surface area contributed by atoms with E-state index in [0.29, 0.717) is 19.3 Å². The predicted molar refractivity (Wildman–Crippen MR) is 306 cm³/mol. The van der Waals surface area contributed by atoms with Gasteiger partial charge in [-0.3, -0.25) is 14.4 Å². The third-order valence-corrected chi connectivity index (χ3v) is 11.0. The second kappa shape index (κ2) is 57.6. The van der Waals surface area contributed by atoms with Gasteiger partial charge in [-0.2, -0.15) is 0 Å². The Morgan fingerprint density at radius 1 is 0.282 bits per heavy atom. The Labute approximate surface area is 435 Å². The Hall–Kier alpha value is -4.97. The van der Waals surface area contributed by atoms with Crippen molar-refractivity contribution in [2.24, 2.45) is 0 Å². The monoisotopic (exact) mass is 977 g/mol. The average Bonchev–Trinajstić information content (AvgIpc) is 3.37. The van der Waals surface area contributed by atoms with Crippen LogP contribution in [0.4, 0.5) is 0 Å². The number of carbonyl (C=O) groups is 3. The van der Waals surface area contributed by atoms with Gasteiger partial charge in [0.25, 0.3) is 0 Å². The third-order valence-electron chi connectivity index (χ3n) is 11.0. The lowest BCUT2D eigenvalue weighted by molar-refractivity contribution is -0.167. The summed E-state index contributed by atoms with van der Waals surface area (Å²) in [6.45, 7) is 6.21. The molecule has 6 nitrogen and oxygen atoms in total. The molecule has 0 aromatic rings. The summed E-state index contributed by atoms with van der Waals surface area (Å²) >= 11 is 0. The maximum absolute atomic E-state index is 12.9. The second-order valence-corrected chi connectivity index (χ2v) is 17.7. The van der Waals surface area contributed by atoms with Crippen LogP contribution in [-0.4, -0.2) is 37.2 Å². The molecule has 0 unspecified atom stereocenters. The third kappa shape index (κ3) is 55.8. The van der Waals surface area contributed by atoms with Crippen LogP contribution in [0.2, 0.25) is 0 Å². The van der Waals surface area contributed by atoms with Gasteiger partial charge in [-0.15, -0.1) is 0 Å². The molecule has 6 heteroatoms. The van der Waals surface area contributed by atoms with Crippen LogP contribution in [0.25, 0.3) is 0 Å². The van der Waals surface area contributed by atoms with Gasteiger partial charge in [-0.1, -0.05) is 211 Å². The fourth-order valence-corrected chi connectivity index (χ4v) is 6.92. The van der Waals surface area contributed by atoms with E-state index in [1.165, 1.54) is 0 Å². The van der Waals surface area contributed by atoms with E-state index in [1.807, 2.05) is 0 Å². The first kappa shape index (κ1) is 66.0. The molecule has 396 valence electrons. The summed E-state index contributed by atoms with van der Waals surface area (Å²) in [5.41, 5.74) is 0. The molecule has 0 aliphatic rings. The summed E-state index contributed by atoms with van der Waals surface area (Å²) in [5.74, 6) is -1.01. The lowest BCUT2D eigenvalue weighted by Crippen LogP contribution is -2.30. The highest BCUT2D eigenvalue weighted by Crippen LogP contribution is 2.12. The molecule has 0 amide bonds. The standard InChI is InChI=1S/C65H100O6/c1-4-7-10-13-16-19-22-25-28-31-32-35-38-41-44-47-50-53-56-59-65(68)71-62(60-69-63(66)57-54-51-48-45-42-39-36-33-29-26-23-20-17-14-11-8-5-2)61-70-64(67)58-55-52-49-46-43-40-37-34-30-27-24-21-18-15-12-9-6-3/h7-12,16-21,25-30,32,35-37,39-41,44,62H,4-6,13-15,22-24,31,33-34,38,42-43,45-61H2,1-3H3/b10-7-,11-8-,12-9-,19-16-,20-17-,21-18-,28-25-,29-26-,30-27-,35-32-,39-36-,40-37-,44-41-. The zero-order valence-corrected chi connectivity index (χ0v) is 45.2. The number of ether oxygens (including phenoxy) is 3. The number of carbonyl (C=O) groups excluding carboxylic acids is 3. The van der Waals surface area contributed by atoms with Gasteiger partial charge in [0.2, 0.25) is 0 Å². The quantitative estimate of drug-likeness (QED) is 0.0262. The van der Waals surface area contributed by atoms with Gasteiger partial charge in [0.1, 0.15) is 13.2 Å². The lowest BCUT2D eigenvalue weighted by Gasteiger charge is -2.18. The number of unbranched alkanes of at least 4 members (excludes halogenated alkanes) is 11. The van der Waals surface area contributed by atoms with E-state index in [2.05, 4.69) is 179 Å². The molecule has 0 spiro atoms. The second-order valence-electron chi connectivity index (χ2n) is 17.7. The van der Waals surface area contributed by atoms with Gasteiger partial charge < -0.3 is 14.2 Å². The molecule has 0 aliphatic heterocycles. The number of esters is 3. The van der Waals surface area contributed by atoms with Crippen molar-refractivity contribution in [3.05, 3.63) is 158 Å². The highest BCUT2D eigenvalue weighted by Gasteiger charge is 2.19. The maximum atomic E-state index is 12.9. The molecule has 0 atom stereocenters. The average molecular weight is 978 g/mol. The van der Waals surface area contributed by atoms with Crippen molar-refractivity contribution in [3.63, 3.8) is 0 Å². The number of hydrogen-bond acceptors (Lipinski definition) is 6. The Bertz CT molecular complexity index is 1560. The van der Waals surface area contributed by atoms with Gasteiger partial charge in [-0.25, -0.2) is 0 Å². The first-order valence-electron chi connectivity index (χ1n) is 28.0. The van der Waals surface area contributed by atoms with Crippen molar-refractivity contribution in [3.8, 4) is 0 Å². The first-order valence-corrected chi connectivity index (χ1v) is 28.0. The Morgan fingerprint density at radius 2 is 0.507 bits per heavy atom. The van der Waals surface area contributed by atoms with Gasteiger partial charge in [0.15, 0.2) is 6.10 Å². The van der Waals surface area contributed by atoms with Crippen molar-refractivity contribution in [1.82, 2.24) is 0 Å². The Morgan fingerprint density at radius 3 is 0.789 bits per heavy atom. The fourth-order valence-electron chi connectivity index (χ4n) is 6.92. The zero-order chi connectivity index (χ0) is 51.4. The summed E-state index contributed by atoms with van der Waals surface area (Å²) in [4.78, 5) is 38.2. The van der Waals surface area contributed by atoms with Crippen molar-refractivity contribution in [2.75, 3.05) is 13.2 Å². The molecule has 0 bridgehead atoms. The summed E-state index contributed by atoms with van der Waals surface area (Å²) in [6, 6.07) is 0. The minimum Gasteiger partial charge on any atom is -0.462 e.